The molecule has 5 rings (SSSR count). The normalized spacial score (nSPS) is 15.5. The average Bonchev–Trinajstić information content (AvgIpc) is 3.09. The van der Waals surface area contributed by atoms with Crippen LogP contribution in [-0.2, 0) is 0 Å². The molecule has 152 valence electrons. The first-order valence-corrected chi connectivity index (χ1v) is 10.1. The summed E-state index contributed by atoms with van der Waals surface area (Å²) in [6.07, 6.45) is 0. The van der Waals surface area contributed by atoms with Crippen molar-refractivity contribution in [3.63, 3.8) is 0 Å². The fourth-order valence-corrected chi connectivity index (χ4v) is 4.30. The SMILES string of the molecule is Cc1ccc2cc([C@@H]3C(C#N)=C(N)Oc4c3c(C)nn4-c3ccccc3)c(Cl)nc2c1. The second-order valence-electron chi connectivity index (χ2n) is 7.54. The van der Waals surface area contributed by atoms with Gasteiger partial charge in [-0.05, 0) is 43.7 Å². The maximum Gasteiger partial charge on any atom is 0.229 e. The highest BCUT2D eigenvalue weighted by atomic mass is 35.5. The lowest BCUT2D eigenvalue weighted by Gasteiger charge is -2.25. The molecular formula is C24H18ClN5O. The van der Waals surface area contributed by atoms with Gasteiger partial charge in [0.15, 0.2) is 0 Å². The van der Waals surface area contributed by atoms with E-state index in [-0.39, 0.29) is 5.88 Å². The van der Waals surface area contributed by atoms with Crippen LogP contribution in [0.4, 0.5) is 0 Å². The van der Waals surface area contributed by atoms with Gasteiger partial charge in [-0.15, -0.1) is 0 Å². The lowest BCUT2D eigenvalue weighted by Crippen LogP contribution is -2.22. The van der Waals surface area contributed by atoms with Crippen molar-refractivity contribution in [1.29, 1.82) is 5.26 Å². The van der Waals surface area contributed by atoms with Gasteiger partial charge in [0.1, 0.15) is 16.8 Å². The van der Waals surface area contributed by atoms with Crippen LogP contribution in [0.5, 0.6) is 5.88 Å². The number of pyridine rings is 1. The van der Waals surface area contributed by atoms with E-state index in [1.807, 2.05) is 68.4 Å². The highest BCUT2D eigenvalue weighted by Gasteiger charge is 2.37. The summed E-state index contributed by atoms with van der Waals surface area (Å²) in [4.78, 5) is 4.60. The molecule has 0 radical (unpaired) electrons. The van der Waals surface area contributed by atoms with Crippen molar-refractivity contribution in [2.75, 3.05) is 0 Å². The fourth-order valence-electron chi connectivity index (χ4n) is 4.04. The molecule has 0 unspecified atom stereocenters. The molecule has 3 heterocycles. The van der Waals surface area contributed by atoms with Crippen LogP contribution in [0.25, 0.3) is 16.6 Å². The predicted octanol–water partition coefficient (Wildman–Crippen LogP) is 4.91. The molecule has 2 aromatic heterocycles. The molecular weight excluding hydrogens is 410 g/mol. The number of ether oxygens (including phenoxy) is 1. The topological polar surface area (TPSA) is 89.8 Å². The summed E-state index contributed by atoms with van der Waals surface area (Å²) in [7, 11) is 0. The Labute approximate surface area is 184 Å². The van der Waals surface area contributed by atoms with Crippen molar-refractivity contribution in [3.05, 3.63) is 93.6 Å². The van der Waals surface area contributed by atoms with Gasteiger partial charge in [-0.25, -0.2) is 9.67 Å². The van der Waals surface area contributed by atoms with Crippen molar-refractivity contribution in [3.8, 4) is 17.6 Å². The third-order valence-corrected chi connectivity index (χ3v) is 5.80. The Hall–Kier alpha value is -3.82. The molecule has 6 nitrogen and oxygen atoms in total. The molecule has 1 aliphatic heterocycles. The van der Waals surface area contributed by atoms with E-state index in [1.54, 1.807) is 4.68 Å². The quantitative estimate of drug-likeness (QED) is 0.459. The largest absolute Gasteiger partial charge is 0.422 e. The maximum absolute atomic E-state index is 9.92. The number of nitrogens with zero attached hydrogens (tertiary/aromatic N) is 4. The van der Waals surface area contributed by atoms with Gasteiger partial charge >= 0.3 is 0 Å². The summed E-state index contributed by atoms with van der Waals surface area (Å²) in [6.45, 7) is 3.89. The molecule has 0 aliphatic carbocycles. The zero-order chi connectivity index (χ0) is 21.7. The van der Waals surface area contributed by atoms with Crippen LogP contribution in [0, 0.1) is 25.2 Å². The Balaban J connectivity index is 1.78. The lowest BCUT2D eigenvalue weighted by molar-refractivity contribution is 0.367. The number of halogens is 1. The van der Waals surface area contributed by atoms with E-state index in [9.17, 15) is 5.26 Å². The average molecular weight is 428 g/mol. The summed E-state index contributed by atoms with van der Waals surface area (Å²) in [5.41, 5.74) is 11.4. The Bertz CT molecular complexity index is 1420. The molecule has 2 N–H and O–H groups in total. The molecule has 4 aromatic rings. The number of hydrogen-bond donors (Lipinski definition) is 1. The van der Waals surface area contributed by atoms with Gasteiger partial charge in [0, 0.05) is 10.9 Å². The van der Waals surface area contributed by atoms with Gasteiger partial charge in [0.2, 0.25) is 11.8 Å². The first-order chi connectivity index (χ1) is 15.0. The highest BCUT2D eigenvalue weighted by molar-refractivity contribution is 6.30. The van der Waals surface area contributed by atoms with E-state index in [0.717, 1.165) is 33.4 Å². The first-order valence-electron chi connectivity index (χ1n) is 9.77. The Kier molecular flexibility index (Phi) is 4.42. The van der Waals surface area contributed by atoms with Crippen LogP contribution >= 0.6 is 11.6 Å². The number of nitriles is 1. The number of para-hydroxylation sites is 1. The van der Waals surface area contributed by atoms with Crippen LogP contribution in [0.1, 0.15) is 28.3 Å². The third kappa shape index (κ3) is 3.02. The lowest BCUT2D eigenvalue weighted by atomic mass is 9.84. The van der Waals surface area contributed by atoms with E-state index in [1.165, 1.54) is 0 Å². The molecule has 7 heteroatoms. The number of fused-ring (bicyclic) bond motifs is 2. The standard InChI is InChI=1S/C24H18ClN5O/c1-13-8-9-15-11-17(22(25)28-19(15)10-13)21-18(12-26)23(27)31-24-20(21)14(2)29-30(24)16-6-4-3-5-7-16/h3-11,21H,27H2,1-2H3/t21-/m1/s1. The molecule has 0 fully saturated rings. The van der Waals surface area contributed by atoms with Crippen molar-refractivity contribution in [2.45, 2.75) is 19.8 Å². The molecule has 0 bridgehead atoms. The number of allylic oxidation sites excluding steroid dienone is 1. The van der Waals surface area contributed by atoms with Gasteiger partial charge in [-0.3, -0.25) is 0 Å². The number of benzene rings is 2. The van der Waals surface area contributed by atoms with Crippen LogP contribution < -0.4 is 10.5 Å². The summed E-state index contributed by atoms with van der Waals surface area (Å²) in [5.74, 6) is -0.0145. The van der Waals surface area contributed by atoms with Crippen molar-refractivity contribution < 1.29 is 4.74 Å². The van der Waals surface area contributed by atoms with E-state index in [4.69, 9.17) is 22.1 Å². The molecule has 0 spiro atoms. The molecule has 1 atom stereocenters. The Morgan fingerprint density at radius 1 is 1.13 bits per heavy atom. The molecule has 1 aliphatic rings. The zero-order valence-corrected chi connectivity index (χ0v) is 17.7. The van der Waals surface area contributed by atoms with Gasteiger partial charge in [0.05, 0.1) is 28.4 Å². The zero-order valence-electron chi connectivity index (χ0n) is 16.9. The monoisotopic (exact) mass is 427 g/mol. The van der Waals surface area contributed by atoms with Crippen molar-refractivity contribution in [1.82, 2.24) is 14.8 Å². The smallest absolute Gasteiger partial charge is 0.229 e. The van der Waals surface area contributed by atoms with E-state index >= 15 is 0 Å². The first kappa shape index (κ1) is 19.2. The van der Waals surface area contributed by atoms with Gasteiger partial charge in [0.25, 0.3) is 0 Å². The molecule has 0 amide bonds. The number of aromatic nitrogens is 3. The van der Waals surface area contributed by atoms with Gasteiger partial charge in [-0.1, -0.05) is 41.9 Å². The summed E-state index contributed by atoms with van der Waals surface area (Å²) in [6, 6.07) is 19.8. The second kappa shape index (κ2) is 7.15. The number of aryl methyl sites for hydroxylation is 2. The predicted molar refractivity (Wildman–Crippen MR) is 119 cm³/mol. The van der Waals surface area contributed by atoms with Gasteiger partial charge in [-0.2, -0.15) is 10.4 Å². The number of rotatable bonds is 2. The molecule has 2 aromatic carbocycles. The van der Waals surface area contributed by atoms with Crippen LogP contribution in [-0.4, -0.2) is 14.8 Å². The minimum absolute atomic E-state index is 0.0390. The molecule has 0 saturated carbocycles. The van der Waals surface area contributed by atoms with Gasteiger partial charge < -0.3 is 10.5 Å². The van der Waals surface area contributed by atoms with E-state index in [0.29, 0.717) is 22.2 Å². The van der Waals surface area contributed by atoms with Crippen LogP contribution in [0.15, 0.2) is 66.1 Å². The fraction of sp³-hybridized carbons (Fsp3) is 0.125. The molecule has 31 heavy (non-hydrogen) atoms. The summed E-state index contributed by atoms with van der Waals surface area (Å²) >= 11 is 6.65. The highest BCUT2D eigenvalue weighted by Crippen LogP contribution is 2.46. The Morgan fingerprint density at radius 3 is 2.65 bits per heavy atom. The minimum atomic E-state index is -0.531. The summed E-state index contributed by atoms with van der Waals surface area (Å²) in [5, 5.41) is 15.9. The van der Waals surface area contributed by atoms with Crippen molar-refractivity contribution >= 4 is 22.5 Å². The minimum Gasteiger partial charge on any atom is -0.422 e. The van der Waals surface area contributed by atoms with E-state index < -0.39 is 5.92 Å². The number of hydrogen-bond acceptors (Lipinski definition) is 5. The van der Waals surface area contributed by atoms with Crippen molar-refractivity contribution in [2.24, 2.45) is 5.73 Å². The third-order valence-electron chi connectivity index (χ3n) is 5.50. The summed E-state index contributed by atoms with van der Waals surface area (Å²) < 4.78 is 7.61. The molecule has 0 saturated heterocycles. The van der Waals surface area contributed by atoms with E-state index in [2.05, 4.69) is 16.2 Å². The number of nitrogens with two attached hydrogens (primary N) is 1. The van der Waals surface area contributed by atoms with Crippen LogP contribution in [0.3, 0.4) is 0 Å². The Morgan fingerprint density at radius 2 is 1.90 bits per heavy atom. The van der Waals surface area contributed by atoms with Crippen LogP contribution in [0.2, 0.25) is 5.15 Å². The second-order valence-corrected chi connectivity index (χ2v) is 7.90. The maximum atomic E-state index is 9.92.